The van der Waals surface area contributed by atoms with E-state index >= 15 is 0 Å². The normalized spacial score (nSPS) is 21.7. The number of nitrogens with zero attached hydrogens (tertiary/aromatic N) is 2. The van der Waals surface area contributed by atoms with Gasteiger partial charge in [0.25, 0.3) is 5.56 Å². The molecule has 0 aliphatic carbocycles. The lowest BCUT2D eigenvalue weighted by Crippen LogP contribution is -2.27. The molecule has 0 bridgehead atoms. The van der Waals surface area contributed by atoms with E-state index in [9.17, 15) is 13.2 Å². The summed E-state index contributed by atoms with van der Waals surface area (Å²) in [5, 5.41) is 2.98. The molecule has 106 valence electrons. The van der Waals surface area contributed by atoms with Crippen molar-refractivity contribution in [1.82, 2.24) is 9.55 Å². The third-order valence-electron chi connectivity index (χ3n) is 3.31. The first-order chi connectivity index (χ1) is 8.89. The highest BCUT2D eigenvalue weighted by atomic mass is 32.2. The van der Waals surface area contributed by atoms with E-state index in [1.807, 2.05) is 13.8 Å². The smallest absolute Gasteiger partial charge is 0.293 e. The molecule has 1 aromatic heterocycles. The Hall–Kier alpha value is -1.37. The number of sulfone groups is 1. The zero-order chi connectivity index (χ0) is 14.0. The molecular formula is C12H19N3O3S. The summed E-state index contributed by atoms with van der Waals surface area (Å²) in [4.78, 5) is 16.1. The van der Waals surface area contributed by atoms with Crippen LogP contribution in [0.1, 0.15) is 26.3 Å². The van der Waals surface area contributed by atoms with E-state index in [1.165, 1.54) is 0 Å². The van der Waals surface area contributed by atoms with Gasteiger partial charge in [-0.25, -0.2) is 13.4 Å². The first-order valence-electron chi connectivity index (χ1n) is 6.40. The summed E-state index contributed by atoms with van der Waals surface area (Å²) in [5.41, 5.74) is -0.168. The van der Waals surface area contributed by atoms with Gasteiger partial charge in [0.05, 0.1) is 11.5 Å². The highest BCUT2D eigenvalue weighted by Gasteiger charge is 2.27. The van der Waals surface area contributed by atoms with Crippen molar-refractivity contribution in [2.75, 3.05) is 23.4 Å². The summed E-state index contributed by atoms with van der Waals surface area (Å²) in [7, 11) is -2.88. The SMILES string of the molecule is CC(C)n1ccnc(NCC2CCS(=O)(=O)C2)c1=O. The first-order valence-corrected chi connectivity index (χ1v) is 8.22. The van der Waals surface area contributed by atoms with Crippen molar-refractivity contribution in [3.63, 3.8) is 0 Å². The van der Waals surface area contributed by atoms with Crippen LogP contribution in [0.25, 0.3) is 0 Å². The van der Waals surface area contributed by atoms with Gasteiger partial charge in [0.1, 0.15) is 0 Å². The van der Waals surface area contributed by atoms with Crippen LogP contribution < -0.4 is 10.9 Å². The molecule has 1 aliphatic rings. The second kappa shape index (κ2) is 5.32. The molecule has 0 amide bonds. The Balaban J connectivity index is 2.05. The van der Waals surface area contributed by atoms with Crippen molar-refractivity contribution >= 4 is 15.7 Å². The summed E-state index contributed by atoms with van der Waals surface area (Å²) in [6.07, 6.45) is 3.88. The van der Waals surface area contributed by atoms with Gasteiger partial charge in [-0.05, 0) is 26.2 Å². The molecular weight excluding hydrogens is 266 g/mol. The quantitative estimate of drug-likeness (QED) is 0.879. The van der Waals surface area contributed by atoms with Gasteiger partial charge in [-0.2, -0.15) is 0 Å². The molecule has 6 nitrogen and oxygen atoms in total. The Labute approximate surface area is 112 Å². The topological polar surface area (TPSA) is 81.1 Å². The summed E-state index contributed by atoms with van der Waals surface area (Å²) >= 11 is 0. The fourth-order valence-corrected chi connectivity index (χ4v) is 4.09. The minimum atomic E-state index is -2.88. The highest BCUT2D eigenvalue weighted by molar-refractivity contribution is 7.91. The van der Waals surface area contributed by atoms with E-state index in [-0.39, 0.29) is 29.0 Å². The molecule has 2 heterocycles. The van der Waals surface area contributed by atoms with Gasteiger partial charge in [-0.15, -0.1) is 0 Å². The maximum absolute atomic E-state index is 12.1. The monoisotopic (exact) mass is 285 g/mol. The van der Waals surface area contributed by atoms with E-state index in [2.05, 4.69) is 10.3 Å². The van der Waals surface area contributed by atoms with Gasteiger partial charge in [0, 0.05) is 25.0 Å². The van der Waals surface area contributed by atoms with Crippen LogP contribution in [-0.2, 0) is 9.84 Å². The number of hydrogen-bond donors (Lipinski definition) is 1. The second-order valence-electron chi connectivity index (χ2n) is 5.23. The lowest BCUT2D eigenvalue weighted by Gasteiger charge is -2.13. The number of anilines is 1. The van der Waals surface area contributed by atoms with Crippen molar-refractivity contribution in [3.05, 3.63) is 22.7 Å². The maximum atomic E-state index is 12.1. The van der Waals surface area contributed by atoms with Crippen molar-refractivity contribution in [2.24, 2.45) is 5.92 Å². The standard InChI is InChI=1S/C12H19N3O3S/c1-9(2)15-5-4-13-11(12(15)16)14-7-10-3-6-19(17,18)8-10/h4-5,9-10H,3,6-8H2,1-2H3,(H,13,14). The molecule has 1 fully saturated rings. The van der Waals surface area contributed by atoms with Crippen LogP contribution in [0.3, 0.4) is 0 Å². The zero-order valence-corrected chi connectivity index (χ0v) is 12.0. The van der Waals surface area contributed by atoms with Crippen LogP contribution in [0, 0.1) is 5.92 Å². The molecule has 19 heavy (non-hydrogen) atoms. The summed E-state index contributed by atoms with van der Waals surface area (Å²) < 4.78 is 24.3. The molecule has 7 heteroatoms. The Morgan fingerprint density at radius 2 is 2.26 bits per heavy atom. The minimum Gasteiger partial charge on any atom is -0.365 e. The molecule has 0 saturated carbocycles. The van der Waals surface area contributed by atoms with Crippen molar-refractivity contribution in [2.45, 2.75) is 26.3 Å². The van der Waals surface area contributed by atoms with Gasteiger partial charge in [-0.1, -0.05) is 0 Å². The molecule has 1 N–H and O–H groups in total. The molecule has 0 spiro atoms. The van der Waals surface area contributed by atoms with Crippen molar-refractivity contribution in [3.8, 4) is 0 Å². The third kappa shape index (κ3) is 3.34. The van der Waals surface area contributed by atoms with Gasteiger partial charge < -0.3 is 9.88 Å². The molecule has 1 atom stereocenters. The Morgan fingerprint density at radius 1 is 1.53 bits per heavy atom. The fraction of sp³-hybridized carbons (Fsp3) is 0.667. The van der Waals surface area contributed by atoms with Gasteiger partial charge in [-0.3, -0.25) is 4.79 Å². The van der Waals surface area contributed by atoms with Crippen LogP contribution in [0.2, 0.25) is 0 Å². The van der Waals surface area contributed by atoms with Crippen molar-refractivity contribution < 1.29 is 8.42 Å². The first kappa shape index (κ1) is 14.0. The van der Waals surface area contributed by atoms with E-state index in [0.717, 1.165) is 0 Å². The largest absolute Gasteiger partial charge is 0.365 e. The van der Waals surface area contributed by atoms with Crippen LogP contribution in [-0.4, -0.2) is 36.0 Å². The maximum Gasteiger partial charge on any atom is 0.293 e. The number of rotatable bonds is 4. The van der Waals surface area contributed by atoms with E-state index in [4.69, 9.17) is 0 Å². The van der Waals surface area contributed by atoms with E-state index in [1.54, 1.807) is 17.0 Å². The highest BCUT2D eigenvalue weighted by Crippen LogP contribution is 2.18. The molecule has 1 unspecified atom stereocenters. The average molecular weight is 285 g/mol. The zero-order valence-electron chi connectivity index (χ0n) is 11.2. The second-order valence-corrected chi connectivity index (χ2v) is 7.46. The van der Waals surface area contributed by atoms with Gasteiger partial charge >= 0.3 is 0 Å². The number of nitrogens with one attached hydrogen (secondary N) is 1. The predicted octanol–water partition coefficient (Wildman–Crippen LogP) is 0.671. The molecule has 0 radical (unpaired) electrons. The molecule has 1 saturated heterocycles. The number of hydrogen-bond acceptors (Lipinski definition) is 5. The summed E-state index contributed by atoms with van der Waals surface area (Å²) in [6, 6.07) is 0.0721. The molecule has 1 aliphatic heterocycles. The van der Waals surface area contributed by atoms with Crippen LogP contribution in [0.4, 0.5) is 5.82 Å². The fourth-order valence-electron chi connectivity index (χ4n) is 2.23. The Morgan fingerprint density at radius 3 is 2.84 bits per heavy atom. The Bertz CT molecular complexity index is 607. The van der Waals surface area contributed by atoms with Gasteiger partial charge in [0.15, 0.2) is 15.7 Å². The molecule has 0 aromatic carbocycles. The van der Waals surface area contributed by atoms with Crippen LogP contribution >= 0.6 is 0 Å². The average Bonchev–Trinajstić information content (AvgIpc) is 2.67. The molecule has 1 aromatic rings. The van der Waals surface area contributed by atoms with Crippen LogP contribution in [0.5, 0.6) is 0 Å². The summed E-state index contributed by atoms with van der Waals surface area (Å²) in [6.45, 7) is 4.33. The lowest BCUT2D eigenvalue weighted by atomic mass is 10.1. The Kier molecular flexibility index (Phi) is 3.93. The van der Waals surface area contributed by atoms with E-state index in [0.29, 0.717) is 18.8 Å². The predicted molar refractivity (Wildman–Crippen MR) is 74.1 cm³/mol. The summed E-state index contributed by atoms with van der Waals surface area (Å²) in [5.74, 6) is 0.808. The van der Waals surface area contributed by atoms with E-state index < -0.39 is 9.84 Å². The van der Waals surface area contributed by atoms with Crippen LogP contribution in [0.15, 0.2) is 17.2 Å². The lowest BCUT2D eigenvalue weighted by molar-refractivity contribution is 0.572. The third-order valence-corrected chi connectivity index (χ3v) is 5.15. The number of aromatic nitrogens is 2. The van der Waals surface area contributed by atoms with Crippen molar-refractivity contribution in [1.29, 1.82) is 0 Å². The van der Waals surface area contributed by atoms with Gasteiger partial charge in [0.2, 0.25) is 0 Å². The molecule has 2 rings (SSSR count). The minimum absolute atomic E-state index is 0.0684.